The van der Waals surface area contributed by atoms with Gasteiger partial charge in [0.05, 0.1) is 15.8 Å². The number of alkyl halides is 3. The Bertz CT molecular complexity index is 1660. The molecule has 0 amide bonds. The van der Waals surface area contributed by atoms with E-state index in [4.69, 9.17) is 14.7 Å². The van der Waals surface area contributed by atoms with E-state index in [0.717, 1.165) is 27.0 Å². The second-order valence-electron chi connectivity index (χ2n) is 12.1. The van der Waals surface area contributed by atoms with Gasteiger partial charge in [-0.2, -0.15) is 13.2 Å². The number of benzene rings is 2. The summed E-state index contributed by atoms with van der Waals surface area (Å²) in [6.07, 6.45) is -3.85. The normalized spacial score (nSPS) is 16.3. The molecule has 4 aromatic rings. The summed E-state index contributed by atoms with van der Waals surface area (Å²) in [6, 6.07) is 10.1. The highest BCUT2D eigenvalue weighted by Crippen LogP contribution is 2.44. The lowest BCUT2D eigenvalue weighted by Gasteiger charge is -2.38. The first-order valence-electron chi connectivity index (χ1n) is 14.4. The topological polar surface area (TPSA) is 91.7 Å². The van der Waals surface area contributed by atoms with Crippen molar-refractivity contribution in [2.45, 2.75) is 65.5 Å². The molecule has 2 atom stereocenters. The van der Waals surface area contributed by atoms with Gasteiger partial charge in [-0.3, -0.25) is 4.90 Å². The summed E-state index contributed by atoms with van der Waals surface area (Å²) < 4.78 is 46.6. The maximum Gasteiger partial charge on any atom is 0.403 e. The van der Waals surface area contributed by atoms with Gasteiger partial charge < -0.3 is 14.7 Å². The number of hydrogen-bond acceptors (Lipinski definition) is 8. The Kier molecular flexibility index (Phi) is 8.71. The van der Waals surface area contributed by atoms with Gasteiger partial charge in [0.25, 0.3) is 0 Å². The highest BCUT2D eigenvalue weighted by atomic mass is 32.1. The first kappa shape index (κ1) is 31.8. The number of fused-ring (bicyclic) bond motifs is 1. The third-order valence-electron chi connectivity index (χ3n) is 7.71. The van der Waals surface area contributed by atoms with Gasteiger partial charge in [0.15, 0.2) is 6.10 Å². The molecule has 1 saturated heterocycles. The van der Waals surface area contributed by atoms with Crippen LogP contribution in [0.4, 0.5) is 19.1 Å². The SMILES string of the molecule is Cc1ccc(-c2c([C@H](OC(C)(C)C)C(=O)O)c(C)cc3nc(-c4ccnc(N5CCN(C(C)C(F)(F)F)CC5)n4)sc23)cc1. The average Bonchev–Trinajstić information content (AvgIpc) is 3.38. The predicted octanol–water partition coefficient (Wildman–Crippen LogP) is 7.05. The van der Waals surface area contributed by atoms with Gasteiger partial charge in [-0.15, -0.1) is 11.3 Å². The van der Waals surface area contributed by atoms with Crippen LogP contribution in [0, 0.1) is 13.8 Å². The number of thiazole rings is 1. The van der Waals surface area contributed by atoms with Crippen LogP contribution in [0.1, 0.15) is 50.5 Å². The van der Waals surface area contributed by atoms with Gasteiger partial charge in [-0.1, -0.05) is 29.8 Å². The minimum Gasteiger partial charge on any atom is -0.479 e. The van der Waals surface area contributed by atoms with E-state index < -0.39 is 29.9 Å². The number of anilines is 1. The van der Waals surface area contributed by atoms with Gasteiger partial charge in [-0.25, -0.2) is 19.7 Å². The van der Waals surface area contributed by atoms with Crippen LogP contribution in [0.2, 0.25) is 0 Å². The third-order valence-corrected chi connectivity index (χ3v) is 8.82. The van der Waals surface area contributed by atoms with E-state index in [1.807, 2.05) is 69.9 Å². The smallest absolute Gasteiger partial charge is 0.403 e. The molecular formula is C32H36F3N5O3S. The molecule has 1 unspecified atom stereocenters. The summed E-state index contributed by atoms with van der Waals surface area (Å²) in [5, 5.41) is 10.9. The number of halogens is 3. The van der Waals surface area contributed by atoms with Crippen LogP contribution in [0.15, 0.2) is 42.6 Å². The van der Waals surface area contributed by atoms with Crippen molar-refractivity contribution in [1.82, 2.24) is 19.9 Å². The van der Waals surface area contributed by atoms with Crippen LogP contribution in [0.3, 0.4) is 0 Å². The van der Waals surface area contributed by atoms with E-state index >= 15 is 0 Å². The molecule has 0 saturated carbocycles. The Morgan fingerprint density at radius 3 is 2.27 bits per heavy atom. The van der Waals surface area contributed by atoms with E-state index in [1.54, 1.807) is 12.3 Å². The summed E-state index contributed by atoms with van der Waals surface area (Å²) in [5.41, 5.74) is 4.59. The second kappa shape index (κ2) is 12.1. The minimum atomic E-state index is -4.27. The lowest BCUT2D eigenvalue weighted by molar-refractivity contribution is -0.179. The van der Waals surface area contributed by atoms with E-state index in [0.29, 0.717) is 40.8 Å². The number of rotatable bonds is 7. The molecule has 1 aliphatic heterocycles. The standard InChI is InChI=1S/C32H36F3N5O3S/c1-18-7-9-21(10-8-18)25-24(26(29(41)42)43-31(4,5)6)19(2)17-23-27(25)44-28(37-23)22-11-12-36-30(38-22)40-15-13-39(14-16-40)20(3)32(33,34)35/h7-12,17,20,26H,13-16H2,1-6H3,(H,41,42)/t20?,26-/m0/s1. The van der Waals surface area contributed by atoms with Gasteiger partial charge in [0.1, 0.15) is 16.7 Å². The van der Waals surface area contributed by atoms with Crippen LogP contribution < -0.4 is 4.90 Å². The molecule has 0 aliphatic carbocycles. The van der Waals surface area contributed by atoms with Crippen LogP contribution in [-0.2, 0) is 9.53 Å². The van der Waals surface area contributed by atoms with Crippen molar-refractivity contribution in [2.75, 3.05) is 31.1 Å². The molecule has 0 bridgehead atoms. The zero-order valence-electron chi connectivity index (χ0n) is 25.6. The van der Waals surface area contributed by atoms with Gasteiger partial charge in [-0.05, 0) is 64.8 Å². The van der Waals surface area contributed by atoms with E-state index in [2.05, 4.69) is 4.98 Å². The second-order valence-corrected chi connectivity index (χ2v) is 13.1. The number of carboxylic acid groups (broad SMARTS) is 1. The van der Waals surface area contributed by atoms with Crippen molar-refractivity contribution in [1.29, 1.82) is 0 Å². The first-order valence-corrected chi connectivity index (χ1v) is 15.2. The number of piperazine rings is 1. The van der Waals surface area contributed by atoms with Crippen LogP contribution >= 0.6 is 11.3 Å². The van der Waals surface area contributed by atoms with E-state index in [-0.39, 0.29) is 13.1 Å². The fourth-order valence-corrected chi connectivity index (χ4v) is 6.48. The molecule has 1 aliphatic rings. The fraction of sp³-hybridized carbons (Fsp3) is 0.438. The Morgan fingerprint density at radius 2 is 1.68 bits per heavy atom. The van der Waals surface area contributed by atoms with Crippen LogP contribution in [-0.4, -0.2) is 74.9 Å². The molecule has 0 radical (unpaired) electrons. The molecule has 44 heavy (non-hydrogen) atoms. The number of ether oxygens (including phenoxy) is 1. The summed E-state index contributed by atoms with van der Waals surface area (Å²) in [7, 11) is 0. The summed E-state index contributed by atoms with van der Waals surface area (Å²) in [5.74, 6) is -0.646. The molecule has 2 aromatic carbocycles. The molecule has 12 heteroatoms. The fourth-order valence-electron chi connectivity index (χ4n) is 5.39. The first-order chi connectivity index (χ1) is 20.6. The number of nitrogens with zero attached hydrogens (tertiary/aromatic N) is 5. The minimum absolute atomic E-state index is 0.249. The van der Waals surface area contributed by atoms with Crippen molar-refractivity contribution in [3.8, 4) is 21.8 Å². The molecule has 234 valence electrons. The van der Waals surface area contributed by atoms with E-state index in [9.17, 15) is 23.1 Å². The van der Waals surface area contributed by atoms with Crippen molar-refractivity contribution >= 4 is 33.5 Å². The summed E-state index contributed by atoms with van der Waals surface area (Å²) in [6.45, 7) is 11.8. The van der Waals surface area contributed by atoms with Crippen molar-refractivity contribution in [2.24, 2.45) is 0 Å². The number of aromatic nitrogens is 3. The number of aryl methyl sites for hydroxylation is 2. The quantitative estimate of drug-likeness (QED) is 0.233. The third kappa shape index (κ3) is 6.72. The Labute approximate surface area is 258 Å². The Hall–Kier alpha value is -3.61. The monoisotopic (exact) mass is 627 g/mol. The number of carbonyl (C=O) groups is 1. The van der Waals surface area contributed by atoms with Crippen molar-refractivity contribution in [3.63, 3.8) is 0 Å². The maximum absolute atomic E-state index is 13.2. The molecule has 0 spiro atoms. The predicted molar refractivity (Wildman–Crippen MR) is 166 cm³/mol. The number of carboxylic acids is 1. The lowest BCUT2D eigenvalue weighted by Crippen LogP contribution is -2.54. The Morgan fingerprint density at radius 1 is 1.02 bits per heavy atom. The highest BCUT2D eigenvalue weighted by molar-refractivity contribution is 7.22. The van der Waals surface area contributed by atoms with Crippen LogP contribution in [0.25, 0.3) is 32.0 Å². The summed E-state index contributed by atoms with van der Waals surface area (Å²) >= 11 is 1.41. The van der Waals surface area contributed by atoms with Crippen molar-refractivity contribution in [3.05, 3.63) is 59.3 Å². The molecular weight excluding hydrogens is 591 g/mol. The van der Waals surface area contributed by atoms with Gasteiger partial charge >= 0.3 is 12.1 Å². The zero-order valence-corrected chi connectivity index (χ0v) is 26.4. The largest absolute Gasteiger partial charge is 0.479 e. The molecule has 2 aromatic heterocycles. The molecule has 1 N–H and O–H groups in total. The maximum atomic E-state index is 13.2. The van der Waals surface area contributed by atoms with Gasteiger partial charge in [0.2, 0.25) is 5.95 Å². The van der Waals surface area contributed by atoms with E-state index in [1.165, 1.54) is 23.2 Å². The molecule has 8 nitrogen and oxygen atoms in total. The lowest BCUT2D eigenvalue weighted by atomic mass is 9.91. The molecule has 5 rings (SSSR count). The van der Waals surface area contributed by atoms with Gasteiger partial charge in [0, 0.05) is 43.5 Å². The van der Waals surface area contributed by atoms with Crippen molar-refractivity contribution < 1.29 is 27.8 Å². The summed E-state index contributed by atoms with van der Waals surface area (Å²) in [4.78, 5) is 30.0. The van der Waals surface area contributed by atoms with Crippen LogP contribution in [0.5, 0.6) is 0 Å². The molecule has 1 fully saturated rings. The Balaban J connectivity index is 1.56. The zero-order chi connectivity index (χ0) is 32.0. The number of aliphatic carboxylic acids is 1. The molecule has 3 heterocycles. The number of hydrogen-bond donors (Lipinski definition) is 1. The highest BCUT2D eigenvalue weighted by Gasteiger charge is 2.41. The average molecular weight is 628 g/mol.